The molecule has 0 saturated carbocycles. The van der Waals surface area contributed by atoms with Crippen LogP contribution in [0.2, 0.25) is 0 Å². The predicted octanol–water partition coefficient (Wildman–Crippen LogP) is -2.65. The normalized spacial score (nSPS) is 13.5. The summed E-state index contributed by atoms with van der Waals surface area (Å²) in [5.74, 6) is 0. The second-order valence-electron chi connectivity index (χ2n) is 2.60. The van der Waals surface area contributed by atoms with E-state index in [4.69, 9.17) is 22.1 Å². The molecule has 1 unspecified atom stereocenters. The summed E-state index contributed by atoms with van der Waals surface area (Å²) in [6, 6.07) is 9.08. The Morgan fingerprint density at radius 1 is 1.17 bits per heavy atom. The Morgan fingerprint density at radius 3 is 1.89 bits per heavy atom. The van der Waals surface area contributed by atoms with Crippen LogP contribution in [0.5, 0.6) is 0 Å². The van der Waals surface area contributed by atoms with Gasteiger partial charge in [-0.1, -0.05) is 30.3 Å². The maximum atomic E-state index is 10.5. The molecule has 1 aromatic carbocycles. The van der Waals surface area contributed by atoms with E-state index < -0.39 is 19.5 Å². The van der Waals surface area contributed by atoms with Crippen LogP contribution in [-0.4, -0.2) is 26.3 Å². The Bertz CT molecular complexity index is 517. The summed E-state index contributed by atoms with van der Waals surface area (Å²) >= 11 is 4.15. The van der Waals surface area contributed by atoms with Gasteiger partial charge in [-0.2, -0.15) is 4.21 Å². The predicted molar refractivity (Wildman–Crippen MR) is 61.7 cm³/mol. The van der Waals surface area contributed by atoms with Crippen molar-refractivity contribution in [3.05, 3.63) is 35.9 Å². The van der Waals surface area contributed by atoms with Gasteiger partial charge in [0, 0.05) is 11.2 Å². The molecule has 0 aliphatic heterocycles. The second kappa shape index (κ2) is 9.31. The van der Waals surface area contributed by atoms with Gasteiger partial charge in [0.05, 0.1) is 6.61 Å². The fourth-order valence-electron chi connectivity index (χ4n) is 0.717. The third kappa shape index (κ3) is 18.7. The zero-order chi connectivity index (χ0) is 13.5. The summed E-state index contributed by atoms with van der Waals surface area (Å²) < 4.78 is 56.5. The van der Waals surface area contributed by atoms with Crippen molar-refractivity contribution in [2.75, 3.05) is 0 Å². The zero-order valence-corrected chi connectivity index (χ0v) is 13.7. The zero-order valence-electron chi connectivity index (χ0n) is 9.25. The molecule has 2 N–H and O–H groups in total. The standard InChI is InChI=1S/C7H8O3S2.Na.H2O4S/c8-12(9,11)10-6-7-4-2-1-3-5-7;;1-5(2,3)4/h1-5H,6H2,(H,8,9,11);;(H2,1,2,3,4)/q;+1;/p-1. The van der Waals surface area contributed by atoms with E-state index >= 15 is 0 Å². The molecule has 1 rings (SSSR count). The van der Waals surface area contributed by atoms with Crippen LogP contribution in [0.25, 0.3) is 0 Å². The van der Waals surface area contributed by atoms with Crippen LogP contribution in [0.4, 0.5) is 0 Å². The number of rotatable bonds is 3. The van der Waals surface area contributed by atoms with Crippen LogP contribution in [-0.2, 0) is 41.4 Å². The largest absolute Gasteiger partial charge is 1.00 e. The average molecular weight is 324 g/mol. The summed E-state index contributed by atoms with van der Waals surface area (Å²) in [6.45, 7) is 0.0691. The Balaban J connectivity index is 0. The van der Waals surface area contributed by atoms with Gasteiger partial charge in [-0.3, -0.25) is 13.3 Å². The second-order valence-corrected chi connectivity index (χ2v) is 5.81. The molecule has 11 heteroatoms. The molecule has 18 heavy (non-hydrogen) atoms. The number of benzene rings is 1. The molecule has 98 valence electrons. The van der Waals surface area contributed by atoms with Crippen molar-refractivity contribution in [2.24, 2.45) is 0 Å². The van der Waals surface area contributed by atoms with Crippen molar-refractivity contribution < 1.29 is 60.0 Å². The fraction of sp³-hybridized carbons (Fsp3) is 0.143. The van der Waals surface area contributed by atoms with Gasteiger partial charge in [0.2, 0.25) is 10.4 Å². The van der Waals surface area contributed by atoms with E-state index in [1.54, 1.807) is 12.1 Å². The molecule has 0 aliphatic carbocycles. The Kier molecular flexibility index (Phi) is 10.7. The minimum atomic E-state index is -4.92. The van der Waals surface area contributed by atoms with Crippen LogP contribution in [0.15, 0.2) is 30.3 Å². The van der Waals surface area contributed by atoms with E-state index in [1.807, 2.05) is 18.2 Å². The summed E-state index contributed by atoms with van der Waals surface area (Å²) in [6.07, 6.45) is 0. The van der Waals surface area contributed by atoms with E-state index in [0.29, 0.717) is 0 Å². The summed E-state index contributed by atoms with van der Waals surface area (Å²) in [7, 11) is -8.41. The molecule has 0 spiro atoms. The van der Waals surface area contributed by atoms with Gasteiger partial charge in [0.25, 0.3) is 9.05 Å². The van der Waals surface area contributed by atoms with E-state index in [1.165, 1.54) is 0 Å². The SMILES string of the molecule is O=S(=O)([O-])O.O=S(O)(=S)OCc1ccccc1.[Na+]. The first-order valence-corrected chi connectivity index (χ1v) is 7.65. The van der Waals surface area contributed by atoms with Gasteiger partial charge in [0.15, 0.2) is 0 Å². The molecule has 1 aromatic rings. The van der Waals surface area contributed by atoms with Gasteiger partial charge in [-0.05, 0) is 5.56 Å². The van der Waals surface area contributed by atoms with Gasteiger partial charge < -0.3 is 4.55 Å². The Morgan fingerprint density at radius 2 is 1.56 bits per heavy atom. The fourth-order valence-corrected chi connectivity index (χ4v) is 1.15. The van der Waals surface area contributed by atoms with Crippen molar-refractivity contribution in [1.29, 1.82) is 0 Å². The topological polar surface area (TPSA) is 124 Å². The first-order chi connectivity index (χ1) is 7.58. The third-order valence-corrected chi connectivity index (χ3v) is 1.92. The summed E-state index contributed by atoms with van der Waals surface area (Å²) in [5.41, 5.74) is 0.823. The average Bonchev–Trinajstić information content (AvgIpc) is 2.13. The molecule has 0 radical (unpaired) electrons. The molecule has 0 amide bonds. The molecule has 0 fully saturated rings. The van der Waals surface area contributed by atoms with E-state index in [0.717, 1.165) is 5.56 Å². The summed E-state index contributed by atoms with van der Waals surface area (Å²) in [4.78, 5) is 0. The van der Waals surface area contributed by atoms with Crippen molar-refractivity contribution in [3.8, 4) is 0 Å². The Hall–Kier alpha value is 0.380. The summed E-state index contributed by atoms with van der Waals surface area (Å²) in [5, 5.41) is 0. The van der Waals surface area contributed by atoms with Crippen LogP contribution in [0.3, 0.4) is 0 Å². The van der Waals surface area contributed by atoms with E-state index in [9.17, 15) is 4.21 Å². The molecular formula is C7H9NaO7S3. The van der Waals surface area contributed by atoms with Gasteiger partial charge in [-0.25, -0.2) is 8.42 Å². The molecule has 0 saturated heterocycles. The van der Waals surface area contributed by atoms with Crippen LogP contribution < -0.4 is 29.6 Å². The van der Waals surface area contributed by atoms with Crippen LogP contribution >= 0.6 is 0 Å². The first kappa shape index (κ1) is 20.7. The molecule has 0 heterocycles. The minimum Gasteiger partial charge on any atom is -0.726 e. The van der Waals surface area contributed by atoms with Crippen molar-refractivity contribution in [3.63, 3.8) is 0 Å². The van der Waals surface area contributed by atoms with E-state index in [-0.39, 0.29) is 36.2 Å². The van der Waals surface area contributed by atoms with Crippen molar-refractivity contribution in [1.82, 2.24) is 0 Å². The van der Waals surface area contributed by atoms with Crippen LogP contribution in [0.1, 0.15) is 5.56 Å². The Labute approximate surface area is 132 Å². The smallest absolute Gasteiger partial charge is 0.726 e. The van der Waals surface area contributed by atoms with Gasteiger partial charge >= 0.3 is 29.6 Å². The molecule has 0 aliphatic rings. The minimum absolute atomic E-state index is 0. The first-order valence-electron chi connectivity index (χ1n) is 3.92. The van der Waals surface area contributed by atoms with Crippen molar-refractivity contribution in [2.45, 2.75) is 6.61 Å². The maximum Gasteiger partial charge on any atom is 1.00 e. The van der Waals surface area contributed by atoms with Crippen molar-refractivity contribution >= 4 is 30.6 Å². The van der Waals surface area contributed by atoms with Gasteiger partial charge in [0.1, 0.15) is 0 Å². The van der Waals surface area contributed by atoms with Crippen LogP contribution in [0, 0.1) is 0 Å². The molecule has 0 bridgehead atoms. The molecule has 1 atom stereocenters. The maximum absolute atomic E-state index is 10.5. The van der Waals surface area contributed by atoms with E-state index in [2.05, 4.69) is 15.4 Å². The number of hydrogen-bond acceptors (Lipinski definition) is 6. The number of hydrogen-bond donors (Lipinski definition) is 2. The molecule has 7 nitrogen and oxygen atoms in total. The third-order valence-electron chi connectivity index (χ3n) is 1.22. The molecule has 0 aromatic heterocycles. The monoisotopic (exact) mass is 324 g/mol. The molecular weight excluding hydrogens is 315 g/mol. The van der Waals surface area contributed by atoms with Gasteiger partial charge in [-0.15, -0.1) is 0 Å². The quantitative estimate of drug-likeness (QED) is 0.351.